The molecule has 0 radical (unpaired) electrons. The molecule has 90 valence electrons. The monoisotopic (exact) mass is 211 g/mol. The van der Waals surface area contributed by atoms with Gasteiger partial charge in [0.2, 0.25) is 0 Å². The van der Waals surface area contributed by atoms with Gasteiger partial charge in [-0.1, -0.05) is 47.0 Å². The van der Waals surface area contributed by atoms with E-state index in [1.54, 1.807) is 0 Å². The maximum Gasteiger partial charge on any atom is 0.0182 e. The Morgan fingerprint density at radius 3 is 2.53 bits per heavy atom. The molecule has 1 saturated carbocycles. The Morgan fingerprint density at radius 1 is 1.33 bits per heavy atom. The number of rotatable bonds is 4. The molecule has 3 unspecified atom stereocenters. The molecule has 1 rings (SSSR count). The van der Waals surface area contributed by atoms with Crippen molar-refractivity contribution in [1.82, 2.24) is 0 Å². The fraction of sp³-hybridized carbons (Fsp3) is 1.00. The third-order valence-corrected chi connectivity index (χ3v) is 4.32. The standard InChI is InChI=1S/C14H29N/c1-5-12(4)14(15)8-6-7-13(10-14)9-11(2)3/h11-13H,5-10,15H2,1-4H3. The van der Waals surface area contributed by atoms with E-state index in [1.807, 2.05) is 0 Å². The summed E-state index contributed by atoms with van der Waals surface area (Å²) in [5.41, 5.74) is 6.72. The van der Waals surface area contributed by atoms with E-state index in [4.69, 9.17) is 5.73 Å². The smallest absolute Gasteiger partial charge is 0.0182 e. The summed E-state index contributed by atoms with van der Waals surface area (Å²) in [7, 11) is 0. The first-order chi connectivity index (χ1) is 6.98. The molecule has 0 aromatic carbocycles. The minimum absolute atomic E-state index is 0.145. The molecule has 0 spiro atoms. The predicted octanol–water partition coefficient (Wildman–Crippen LogP) is 3.97. The van der Waals surface area contributed by atoms with Crippen LogP contribution in [-0.2, 0) is 0 Å². The van der Waals surface area contributed by atoms with Gasteiger partial charge in [-0.3, -0.25) is 0 Å². The van der Waals surface area contributed by atoms with Crippen LogP contribution < -0.4 is 5.73 Å². The van der Waals surface area contributed by atoms with Crippen molar-refractivity contribution in [2.24, 2.45) is 23.5 Å². The van der Waals surface area contributed by atoms with Crippen molar-refractivity contribution < 1.29 is 0 Å². The summed E-state index contributed by atoms with van der Waals surface area (Å²) in [6.07, 6.45) is 7.86. The van der Waals surface area contributed by atoms with Gasteiger partial charge in [0.15, 0.2) is 0 Å². The van der Waals surface area contributed by atoms with Crippen molar-refractivity contribution in [3.05, 3.63) is 0 Å². The molecular weight excluding hydrogens is 182 g/mol. The van der Waals surface area contributed by atoms with Crippen LogP contribution >= 0.6 is 0 Å². The van der Waals surface area contributed by atoms with Gasteiger partial charge in [-0.05, 0) is 37.0 Å². The first-order valence-corrected chi connectivity index (χ1v) is 6.76. The highest BCUT2D eigenvalue weighted by atomic mass is 14.8. The molecular formula is C14H29N. The lowest BCUT2D eigenvalue weighted by Gasteiger charge is -2.42. The van der Waals surface area contributed by atoms with Crippen LogP contribution in [0.4, 0.5) is 0 Å². The average molecular weight is 211 g/mol. The van der Waals surface area contributed by atoms with E-state index in [0.29, 0.717) is 5.92 Å². The van der Waals surface area contributed by atoms with Crippen molar-refractivity contribution in [3.8, 4) is 0 Å². The van der Waals surface area contributed by atoms with Crippen LogP contribution in [-0.4, -0.2) is 5.54 Å². The van der Waals surface area contributed by atoms with Gasteiger partial charge in [0.25, 0.3) is 0 Å². The van der Waals surface area contributed by atoms with Crippen LogP contribution in [0, 0.1) is 17.8 Å². The Bertz CT molecular complexity index is 188. The second-order valence-electron chi connectivity index (χ2n) is 6.13. The van der Waals surface area contributed by atoms with Gasteiger partial charge in [-0.25, -0.2) is 0 Å². The largest absolute Gasteiger partial charge is 0.325 e. The number of hydrogen-bond acceptors (Lipinski definition) is 1. The van der Waals surface area contributed by atoms with Gasteiger partial charge in [-0.15, -0.1) is 0 Å². The lowest BCUT2D eigenvalue weighted by atomic mass is 9.68. The fourth-order valence-corrected chi connectivity index (χ4v) is 3.18. The van der Waals surface area contributed by atoms with Crippen LogP contribution in [0.25, 0.3) is 0 Å². The molecule has 0 amide bonds. The molecule has 3 atom stereocenters. The van der Waals surface area contributed by atoms with Gasteiger partial charge in [0, 0.05) is 5.54 Å². The zero-order valence-electron chi connectivity index (χ0n) is 11.1. The highest BCUT2D eigenvalue weighted by Crippen LogP contribution is 2.39. The molecule has 1 aliphatic rings. The second-order valence-corrected chi connectivity index (χ2v) is 6.13. The first kappa shape index (κ1) is 13.0. The van der Waals surface area contributed by atoms with Gasteiger partial charge in [0.05, 0.1) is 0 Å². The van der Waals surface area contributed by atoms with Crippen LogP contribution in [0.5, 0.6) is 0 Å². The molecule has 1 heteroatoms. The highest BCUT2D eigenvalue weighted by Gasteiger charge is 2.36. The summed E-state index contributed by atoms with van der Waals surface area (Å²) < 4.78 is 0. The average Bonchev–Trinajstić information content (AvgIpc) is 2.15. The molecule has 1 nitrogen and oxygen atoms in total. The van der Waals surface area contributed by atoms with E-state index < -0.39 is 0 Å². The Labute approximate surface area is 95.8 Å². The molecule has 0 bridgehead atoms. The normalized spacial score (nSPS) is 34.4. The predicted molar refractivity (Wildman–Crippen MR) is 67.8 cm³/mol. The fourth-order valence-electron chi connectivity index (χ4n) is 3.18. The van der Waals surface area contributed by atoms with Gasteiger partial charge >= 0.3 is 0 Å². The lowest BCUT2D eigenvalue weighted by molar-refractivity contribution is 0.145. The van der Waals surface area contributed by atoms with Crippen molar-refractivity contribution in [2.75, 3.05) is 0 Å². The van der Waals surface area contributed by atoms with E-state index in [-0.39, 0.29) is 5.54 Å². The van der Waals surface area contributed by atoms with Gasteiger partial charge in [0.1, 0.15) is 0 Å². The molecule has 1 fully saturated rings. The molecule has 0 heterocycles. The molecule has 0 aromatic heterocycles. The van der Waals surface area contributed by atoms with Crippen molar-refractivity contribution >= 4 is 0 Å². The van der Waals surface area contributed by atoms with E-state index >= 15 is 0 Å². The summed E-state index contributed by atoms with van der Waals surface area (Å²) in [4.78, 5) is 0. The van der Waals surface area contributed by atoms with Crippen molar-refractivity contribution in [1.29, 1.82) is 0 Å². The summed E-state index contributed by atoms with van der Waals surface area (Å²) in [5.74, 6) is 2.40. The first-order valence-electron chi connectivity index (χ1n) is 6.76. The molecule has 15 heavy (non-hydrogen) atoms. The second kappa shape index (κ2) is 5.34. The number of hydrogen-bond donors (Lipinski definition) is 1. The Morgan fingerprint density at radius 2 is 2.00 bits per heavy atom. The Hall–Kier alpha value is -0.0400. The summed E-state index contributed by atoms with van der Waals surface area (Å²) in [6, 6.07) is 0. The minimum atomic E-state index is 0.145. The SMILES string of the molecule is CCC(C)C1(N)CCCC(CC(C)C)C1. The van der Waals surface area contributed by atoms with Crippen LogP contribution in [0.3, 0.4) is 0 Å². The lowest BCUT2D eigenvalue weighted by Crippen LogP contribution is -2.49. The third kappa shape index (κ3) is 3.48. The topological polar surface area (TPSA) is 26.0 Å². The van der Waals surface area contributed by atoms with E-state index in [1.165, 1.54) is 38.5 Å². The summed E-state index contributed by atoms with van der Waals surface area (Å²) >= 11 is 0. The third-order valence-electron chi connectivity index (χ3n) is 4.32. The van der Waals surface area contributed by atoms with E-state index in [9.17, 15) is 0 Å². The minimum Gasteiger partial charge on any atom is -0.325 e. The molecule has 0 aromatic rings. The van der Waals surface area contributed by atoms with E-state index in [2.05, 4.69) is 27.7 Å². The zero-order chi connectivity index (χ0) is 11.5. The highest BCUT2D eigenvalue weighted by molar-refractivity contribution is 4.94. The van der Waals surface area contributed by atoms with Crippen LogP contribution in [0.2, 0.25) is 0 Å². The van der Waals surface area contributed by atoms with Gasteiger partial charge in [-0.2, -0.15) is 0 Å². The molecule has 1 aliphatic carbocycles. The summed E-state index contributed by atoms with van der Waals surface area (Å²) in [6.45, 7) is 9.26. The Kier molecular flexibility index (Phi) is 4.64. The zero-order valence-corrected chi connectivity index (χ0v) is 11.1. The molecule has 0 aliphatic heterocycles. The Balaban J connectivity index is 2.54. The van der Waals surface area contributed by atoms with Crippen LogP contribution in [0.15, 0.2) is 0 Å². The summed E-state index contributed by atoms with van der Waals surface area (Å²) in [5, 5.41) is 0. The van der Waals surface area contributed by atoms with E-state index in [0.717, 1.165) is 11.8 Å². The van der Waals surface area contributed by atoms with Crippen molar-refractivity contribution in [3.63, 3.8) is 0 Å². The maximum absolute atomic E-state index is 6.58. The quantitative estimate of drug-likeness (QED) is 0.748. The van der Waals surface area contributed by atoms with Gasteiger partial charge < -0.3 is 5.73 Å². The molecule has 0 saturated heterocycles. The molecule has 2 N–H and O–H groups in total. The van der Waals surface area contributed by atoms with Crippen molar-refractivity contribution in [2.45, 2.75) is 71.8 Å². The maximum atomic E-state index is 6.58. The number of nitrogens with two attached hydrogens (primary N) is 1. The van der Waals surface area contributed by atoms with Crippen LogP contribution in [0.1, 0.15) is 66.2 Å².